The van der Waals surface area contributed by atoms with Crippen molar-refractivity contribution in [1.82, 2.24) is 5.32 Å². The van der Waals surface area contributed by atoms with Gasteiger partial charge in [0.1, 0.15) is 5.82 Å². The number of anilines is 1. The maximum atomic E-state index is 13.4. The predicted molar refractivity (Wildman–Crippen MR) is 88.8 cm³/mol. The smallest absolute Gasteiger partial charge is 0.221 e. The largest absolute Gasteiger partial charge is 0.387 e. The Kier molecular flexibility index (Phi) is 6.10. The van der Waals surface area contributed by atoms with Crippen LogP contribution in [-0.2, 0) is 11.3 Å². The summed E-state index contributed by atoms with van der Waals surface area (Å²) in [5.41, 5.74) is 2.08. The summed E-state index contributed by atoms with van der Waals surface area (Å²) in [5, 5.41) is 16.0. The van der Waals surface area contributed by atoms with Crippen molar-refractivity contribution in [3.05, 3.63) is 64.4 Å². The molecule has 2 aromatic carbocycles. The standard InChI is InChI=1S/C17H18ClFN2O2/c1-11(22)21-16-5-3-2-4-13(16)9-20-10-17(23)12-6-7-14(18)15(19)8-12/h2-8,17,20,23H,9-10H2,1H3,(H,21,22). The van der Waals surface area contributed by atoms with Gasteiger partial charge >= 0.3 is 0 Å². The third-order valence-electron chi connectivity index (χ3n) is 3.31. The van der Waals surface area contributed by atoms with Crippen LogP contribution < -0.4 is 10.6 Å². The summed E-state index contributed by atoms with van der Waals surface area (Å²) in [5.74, 6) is -0.701. The van der Waals surface area contributed by atoms with Gasteiger partial charge in [0.15, 0.2) is 0 Å². The van der Waals surface area contributed by atoms with E-state index in [4.69, 9.17) is 11.6 Å². The zero-order valence-corrected chi connectivity index (χ0v) is 13.4. The van der Waals surface area contributed by atoms with Gasteiger partial charge in [0.25, 0.3) is 0 Å². The highest BCUT2D eigenvalue weighted by atomic mass is 35.5. The van der Waals surface area contributed by atoms with E-state index in [-0.39, 0.29) is 17.5 Å². The number of benzene rings is 2. The second-order valence-corrected chi connectivity index (χ2v) is 5.57. The van der Waals surface area contributed by atoms with Crippen molar-refractivity contribution < 1.29 is 14.3 Å². The molecule has 0 saturated carbocycles. The van der Waals surface area contributed by atoms with E-state index < -0.39 is 11.9 Å². The Balaban J connectivity index is 1.94. The lowest BCUT2D eigenvalue weighted by Gasteiger charge is -2.14. The van der Waals surface area contributed by atoms with Crippen molar-refractivity contribution in [3.63, 3.8) is 0 Å². The first-order valence-corrected chi connectivity index (χ1v) is 7.54. The number of amides is 1. The minimum absolute atomic E-state index is 0.0261. The van der Waals surface area contributed by atoms with Crippen molar-refractivity contribution in [2.45, 2.75) is 19.6 Å². The van der Waals surface area contributed by atoms with Crippen LogP contribution in [0.15, 0.2) is 42.5 Å². The Hall–Kier alpha value is -1.95. The van der Waals surface area contributed by atoms with Crippen LogP contribution in [0.4, 0.5) is 10.1 Å². The summed E-state index contributed by atoms with van der Waals surface area (Å²) in [4.78, 5) is 11.2. The molecule has 0 aliphatic heterocycles. The molecule has 1 atom stereocenters. The summed E-state index contributed by atoms with van der Waals surface area (Å²) >= 11 is 5.62. The minimum atomic E-state index is -0.852. The molecule has 2 rings (SSSR count). The molecular weight excluding hydrogens is 319 g/mol. The second-order valence-electron chi connectivity index (χ2n) is 5.16. The predicted octanol–water partition coefficient (Wildman–Crippen LogP) is 3.26. The number of aliphatic hydroxyl groups excluding tert-OH is 1. The summed E-state index contributed by atoms with van der Waals surface area (Å²) in [7, 11) is 0. The van der Waals surface area contributed by atoms with Crippen LogP contribution in [0, 0.1) is 5.82 Å². The van der Waals surface area contributed by atoms with Crippen LogP contribution in [0.25, 0.3) is 0 Å². The Bertz CT molecular complexity index is 694. The topological polar surface area (TPSA) is 61.4 Å². The zero-order chi connectivity index (χ0) is 16.8. The van der Waals surface area contributed by atoms with E-state index in [1.165, 1.54) is 19.1 Å². The molecule has 23 heavy (non-hydrogen) atoms. The van der Waals surface area contributed by atoms with Crippen molar-refractivity contribution in [3.8, 4) is 0 Å². The Morgan fingerprint density at radius 2 is 2.04 bits per heavy atom. The highest BCUT2D eigenvalue weighted by Crippen LogP contribution is 2.20. The molecule has 4 nitrogen and oxygen atoms in total. The monoisotopic (exact) mass is 336 g/mol. The van der Waals surface area contributed by atoms with Crippen molar-refractivity contribution in [2.24, 2.45) is 0 Å². The zero-order valence-electron chi connectivity index (χ0n) is 12.6. The fraction of sp³-hybridized carbons (Fsp3) is 0.235. The number of carbonyl (C=O) groups excluding carboxylic acids is 1. The van der Waals surface area contributed by atoms with Crippen LogP contribution >= 0.6 is 11.6 Å². The maximum Gasteiger partial charge on any atom is 0.221 e. The van der Waals surface area contributed by atoms with Crippen molar-refractivity contribution >= 4 is 23.2 Å². The number of halogens is 2. The quantitative estimate of drug-likeness (QED) is 0.758. The lowest BCUT2D eigenvalue weighted by molar-refractivity contribution is -0.114. The van der Waals surface area contributed by atoms with Gasteiger partial charge in [0, 0.05) is 25.7 Å². The number of para-hydroxylation sites is 1. The van der Waals surface area contributed by atoms with Crippen molar-refractivity contribution in [2.75, 3.05) is 11.9 Å². The van der Waals surface area contributed by atoms with Crippen LogP contribution in [0.2, 0.25) is 5.02 Å². The number of aliphatic hydroxyl groups is 1. The molecule has 1 amide bonds. The lowest BCUT2D eigenvalue weighted by Crippen LogP contribution is -2.22. The van der Waals surface area contributed by atoms with E-state index in [9.17, 15) is 14.3 Å². The van der Waals surface area contributed by atoms with E-state index in [1.54, 1.807) is 6.07 Å². The first-order valence-electron chi connectivity index (χ1n) is 7.16. The van der Waals surface area contributed by atoms with Crippen LogP contribution in [0.1, 0.15) is 24.2 Å². The fourth-order valence-electron chi connectivity index (χ4n) is 2.17. The van der Waals surface area contributed by atoms with Crippen LogP contribution in [0.5, 0.6) is 0 Å². The number of hydrogen-bond donors (Lipinski definition) is 3. The van der Waals surface area contributed by atoms with Gasteiger partial charge in [0.05, 0.1) is 11.1 Å². The van der Waals surface area contributed by atoms with Crippen LogP contribution in [0.3, 0.4) is 0 Å². The number of nitrogens with one attached hydrogen (secondary N) is 2. The number of carbonyl (C=O) groups is 1. The van der Waals surface area contributed by atoms with Gasteiger partial charge in [-0.1, -0.05) is 35.9 Å². The van der Waals surface area contributed by atoms with Gasteiger partial charge in [-0.3, -0.25) is 4.79 Å². The first kappa shape index (κ1) is 17.4. The molecule has 0 spiro atoms. The van der Waals surface area contributed by atoms with Gasteiger partial charge in [-0.25, -0.2) is 4.39 Å². The first-order chi connectivity index (χ1) is 11.0. The molecule has 0 aromatic heterocycles. The van der Waals surface area contributed by atoms with Gasteiger partial charge in [-0.2, -0.15) is 0 Å². The average molecular weight is 337 g/mol. The lowest BCUT2D eigenvalue weighted by atomic mass is 10.1. The molecule has 0 bridgehead atoms. The molecule has 0 saturated heterocycles. The molecule has 122 valence electrons. The Labute approximate surface area is 139 Å². The van der Waals surface area contributed by atoms with Gasteiger partial charge < -0.3 is 15.7 Å². The Morgan fingerprint density at radius 3 is 2.74 bits per heavy atom. The van der Waals surface area contributed by atoms with Gasteiger partial charge in [-0.15, -0.1) is 0 Å². The minimum Gasteiger partial charge on any atom is -0.387 e. The molecule has 1 unspecified atom stereocenters. The fourth-order valence-corrected chi connectivity index (χ4v) is 2.28. The summed E-state index contributed by atoms with van der Waals surface area (Å²) in [6, 6.07) is 11.6. The maximum absolute atomic E-state index is 13.4. The van der Waals surface area contributed by atoms with Crippen molar-refractivity contribution in [1.29, 1.82) is 0 Å². The van der Waals surface area contributed by atoms with Crippen LogP contribution in [-0.4, -0.2) is 17.6 Å². The number of rotatable bonds is 6. The van der Waals surface area contributed by atoms with Gasteiger partial charge in [0.2, 0.25) is 5.91 Å². The van der Waals surface area contributed by atoms with Gasteiger partial charge in [-0.05, 0) is 29.3 Å². The van der Waals surface area contributed by atoms with E-state index in [0.717, 1.165) is 11.3 Å². The molecular formula is C17H18ClFN2O2. The molecule has 0 heterocycles. The highest BCUT2D eigenvalue weighted by Gasteiger charge is 2.10. The second kappa shape index (κ2) is 8.06. The van der Waals surface area contributed by atoms with E-state index in [2.05, 4.69) is 10.6 Å². The van der Waals surface area contributed by atoms with E-state index >= 15 is 0 Å². The summed E-state index contributed by atoms with van der Waals surface area (Å²) in [6.45, 7) is 2.15. The molecule has 2 aromatic rings. The third-order valence-corrected chi connectivity index (χ3v) is 3.62. The Morgan fingerprint density at radius 1 is 1.30 bits per heavy atom. The molecule has 0 radical (unpaired) electrons. The highest BCUT2D eigenvalue weighted by molar-refractivity contribution is 6.30. The molecule has 0 aliphatic carbocycles. The summed E-state index contributed by atoms with van der Waals surface area (Å²) in [6.07, 6.45) is -0.852. The average Bonchev–Trinajstić information content (AvgIpc) is 2.51. The molecule has 3 N–H and O–H groups in total. The van der Waals surface area contributed by atoms with E-state index in [0.29, 0.717) is 12.1 Å². The normalized spacial score (nSPS) is 12.0. The molecule has 6 heteroatoms. The van der Waals surface area contributed by atoms with E-state index in [1.807, 2.05) is 24.3 Å². The third kappa shape index (κ3) is 5.03. The summed E-state index contributed by atoms with van der Waals surface area (Å²) < 4.78 is 13.4. The number of hydrogen-bond acceptors (Lipinski definition) is 3. The molecule has 0 aliphatic rings. The SMILES string of the molecule is CC(=O)Nc1ccccc1CNCC(O)c1ccc(Cl)c(F)c1. The molecule has 0 fully saturated rings.